The van der Waals surface area contributed by atoms with Crippen molar-refractivity contribution in [3.63, 3.8) is 0 Å². The van der Waals surface area contributed by atoms with Crippen LogP contribution in [0.4, 0.5) is 0 Å². The number of rotatable bonds is 5. The minimum Gasteiger partial charge on any atom is -0.491 e. The Hall–Kier alpha value is -2.56. The maximum absolute atomic E-state index is 11.9. The first-order valence-corrected chi connectivity index (χ1v) is 6.92. The molecule has 0 saturated heterocycles. The average Bonchev–Trinajstić information content (AvgIpc) is 2.49. The summed E-state index contributed by atoms with van der Waals surface area (Å²) in [5, 5.41) is 9.16. The van der Waals surface area contributed by atoms with Crippen LogP contribution in [0.15, 0.2) is 47.5 Å². The van der Waals surface area contributed by atoms with E-state index in [1.165, 1.54) is 13.3 Å². The smallest absolute Gasteiger partial charge is 0.341 e. The van der Waals surface area contributed by atoms with Crippen molar-refractivity contribution in [2.45, 2.75) is 25.8 Å². The van der Waals surface area contributed by atoms with E-state index in [1.807, 2.05) is 30.3 Å². The molecule has 1 N–H and O–H groups in total. The first kappa shape index (κ1) is 15.8. The Morgan fingerprint density at radius 3 is 2.41 bits per heavy atom. The van der Waals surface area contributed by atoms with Gasteiger partial charge in [0.15, 0.2) is 5.75 Å². The Morgan fingerprint density at radius 1 is 1.23 bits per heavy atom. The van der Waals surface area contributed by atoms with E-state index in [0.717, 1.165) is 5.56 Å². The van der Waals surface area contributed by atoms with Crippen LogP contribution in [0.3, 0.4) is 0 Å². The molecule has 1 heterocycles. The molecular formula is C17H19NO4. The highest BCUT2D eigenvalue weighted by Crippen LogP contribution is 2.25. The molecule has 22 heavy (non-hydrogen) atoms. The summed E-state index contributed by atoms with van der Waals surface area (Å²) in [7, 11) is 1.36. The molecule has 116 valence electrons. The molecule has 1 aromatic carbocycles. The predicted molar refractivity (Wildman–Crippen MR) is 83.7 cm³/mol. The molecule has 0 aliphatic carbocycles. The molecule has 5 heteroatoms. The third-order valence-corrected chi connectivity index (χ3v) is 3.63. The first-order valence-electron chi connectivity index (χ1n) is 6.92. The van der Waals surface area contributed by atoms with Gasteiger partial charge in [0, 0.05) is 18.2 Å². The third kappa shape index (κ3) is 3.19. The molecule has 2 aromatic rings. The van der Waals surface area contributed by atoms with Gasteiger partial charge in [-0.2, -0.15) is 0 Å². The maximum Gasteiger partial charge on any atom is 0.341 e. The van der Waals surface area contributed by atoms with Crippen LogP contribution in [0, 0.1) is 0 Å². The lowest BCUT2D eigenvalue weighted by atomic mass is 9.84. The zero-order valence-corrected chi connectivity index (χ0v) is 12.9. The van der Waals surface area contributed by atoms with Crippen LogP contribution in [-0.4, -0.2) is 22.8 Å². The van der Waals surface area contributed by atoms with Gasteiger partial charge in [0.1, 0.15) is 5.56 Å². The van der Waals surface area contributed by atoms with Crippen LogP contribution in [0.5, 0.6) is 5.75 Å². The number of benzene rings is 1. The summed E-state index contributed by atoms with van der Waals surface area (Å²) in [6.07, 6.45) is 2.90. The second-order valence-corrected chi connectivity index (χ2v) is 5.80. The van der Waals surface area contributed by atoms with Gasteiger partial charge >= 0.3 is 5.97 Å². The predicted octanol–water partition coefficient (Wildman–Crippen LogP) is 2.53. The average molecular weight is 301 g/mol. The monoisotopic (exact) mass is 301 g/mol. The molecule has 0 amide bonds. The molecule has 0 radical (unpaired) electrons. The Kier molecular flexibility index (Phi) is 4.35. The van der Waals surface area contributed by atoms with Gasteiger partial charge in [-0.3, -0.25) is 4.79 Å². The largest absolute Gasteiger partial charge is 0.491 e. The van der Waals surface area contributed by atoms with Crippen LogP contribution < -0.4 is 10.2 Å². The zero-order valence-electron chi connectivity index (χ0n) is 12.9. The van der Waals surface area contributed by atoms with Gasteiger partial charge in [-0.15, -0.1) is 0 Å². The molecule has 0 spiro atoms. The molecule has 0 aliphatic rings. The number of methoxy groups -OCH3 is 1. The molecule has 1 aromatic heterocycles. The molecule has 0 saturated carbocycles. The van der Waals surface area contributed by atoms with Crippen molar-refractivity contribution in [1.82, 2.24) is 4.57 Å². The number of hydrogen-bond donors (Lipinski definition) is 1. The van der Waals surface area contributed by atoms with Crippen molar-refractivity contribution in [3.05, 3.63) is 64.1 Å². The second kappa shape index (κ2) is 6.05. The summed E-state index contributed by atoms with van der Waals surface area (Å²) in [6.45, 7) is 4.65. The van der Waals surface area contributed by atoms with Crippen LogP contribution in [0.1, 0.15) is 29.8 Å². The molecule has 0 fully saturated rings. The topological polar surface area (TPSA) is 68.5 Å². The van der Waals surface area contributed by atoms with Crippen LogP contribution in [0.2, 0.25) is 0 Å². The molecule has 5 nitrogen and oxygen atoms in total. The summed E-state index contributed by atoms with van der Waals surface area (Å²) in [4.78, 5) is 23.1. The van der Waals surface area contributed by atoms with Crippen molar-refractivity contribution in [1.29, 1.82) is 0 Å². The molecule has 0 bridgehead atoms. The fourth-order valence-corrected chi connectivity index (χ4v) is 2.43. The molecule has 0 aliphatic heterocycles. The summed E-state index contributed by atoms with van der Waals surface area (Å²) in [5.41, 5.74) is 0.00780. The lowest BCUT2D eigenvalue weighted by Gasteiger charge is -2.27. The van der Waals surface area contributed by atoms with Crippen molar-refractivity contribution in [2.24, 2.45) is 0 Å². The van der Waals surface area contributed by atoms with Gasteiger partial charge in [-0.25, -0.2) is 4.79 Å². The number of ether oxygens (including phenoxy) is 1. The van der Waals surface area contributed by atoms with Crippen LogP contribution in [0.25, 0.3) is 0 Å². The zero-order chi connectivity index (χ0) is 16.3. The normalized spacial score (nSPS) is 11.2. The van der Waals surface area contributed by atoms with E-state index in [-0.39, 0.29) is 16.7 Å². The Bertz CT molecular complexity index is 732. The highest BCUT2D eigenvalue weighted by atomic mass is 16.5. The molecular weight excluding hydrogens is 282 g/mol. The number of aromatic nitrogens is 1. The van der Waals surface area contributed by atoms with E-state index in [9.17, 15) is 9.59 Å². The number of carbonyl (C=O) groups is 1. The molecule has 0 unspecified atom stereocenters. The third-order valence-electron chi connectivity index (χ3n) is 3.63. The SMILES string of the molecule is COc1cn(CC(C)(C)c2ccccc2)cc(C(=O)O)c1=O. The minimum absolute atomic E-state index is 0.0313. The molecule has 0 atom stereocenters. The van der Waals surface area contributed by atoms with Gasteiger partial charge < -0.3 is 14.4 Å². The number of nitrogens with zero attached hydrogens (tertiary/aromatic N) is 1. The first-order chi connectivity index (χ1) is 10.3. The number of hydrogen-bond acceptors (Lipinski definition) is 3. The van der Waals surface area contributed by atoms with E-state index in [2.05, 4.69) is 13.8 Å². The highest BCUT2D eigenvalue weighted by Gasteiger charge is 2.22. The van der Waals surface area contributed by atoms with Crippen molar-refractivity contribution in [3.8, 4) is 5.75 Å². The highest BCUT2D eigenvalue weighted by molar-refractivity contribution is 5.87. The van der Waals surface area contributed by atoms with Crippen LogP contribution >= 0.6 is 0 Å². The fourth-order valence-electron chi connectivity index (χ4n) is 2.43. The van der Waals surface area contributed by atoms with E-state index < -0.39 is 11.4 Å². The van der Waals surface area contributed by atoms with Crippen LogP contribution in [-0.2, 0) is 12.0 Å². The number of carboxylic acids is 1. The van der Waals surface area contributed by atoms with Crippen molar-refractivity contribution < 1.29 is 14.6 Å². The van der Waals surface area contributed by atoms with Gasteiger partial charge in [0.2, 0.25) is 5.43 Å². The second-order valence-electron chi connectivity index (χ2n) is 5.80. The number of aromatic carboxylic acids is 1. The van der Waals surface area contributed by atoms with E-state index in [0.29, 0.717) is 6.54 Å². The Balaban J connectivity index is 2.43. The summed E-state index contributed by atoms with van der Waals surface area (Å²) >= 11 is 0. The Labute approximate surface area is 128 Å². The lowest BCUT2D eigenvalue weighted by Crippen LogP contribution is -2.27. The maximum atomic E-state index is 11.9. The van der Waals surface area contributed by atoms with Gasteiger partial charge in [0.05, 0.1) is 13.3 Å². The van der Waals surface area contributed by atoms with Crippen molar-refractivity contribution in [2.75, 3.05) is 7.11 Å². The van der Waals surface area contributed by atoms with Crippen molar-refractivity contribution >= 4 is 5.97 Å². The summed E-state index contributed by atoms with van der Waals surface area (Å²) in [5.74, 6) is -1.22. The van der Waals surface area contributed by atoms with Gasteiger partial charge in [-0.05, 0) is 5.56 Å². The standard InChI is InChI=1S/C17H19NO4/c1-17(2,12-7-5-4-6-8-12)11-18-9-13(16(20)21)15(19)14(10-18)22-3/h4-10H,11H2,1-3H3,(H,20,21). The molecule has 2 rings (SSSR count). The number of carboxylic acid groups (broad SMARTS) is 1. The van der Waals surface area contributed by atoms with Gasteiger partial charge in [0.25, 0.3) is 0 Å². The number of pyridine rings is 1. The van der Waals surface area contributed by atoms with Gasteiger partial charge in [-0.1, -0.05) is 44.2 Å². The minimum atomic E-state index is -1.25. The van der Waals surface area contributed by atoms with E-state index in [4.69, 9.17) is 9.84 Å². The lowest BCUT2D eigenvalue weighted by molar-refractivity contribution is 0.0693. The quantitative estimate of drug-likeness (QED) is 0.921. The van der Waals surface area contributed by atoms with E-state index >= 15 is 0 Å². The summed E-state index contributed by atoms with van der Waals surface area (Å²) < 4.78 is 6.69. The summed E-state index contributed by atoms with van der Waals surface area (Å²) in [6, 6.07) is 9.93. The van der Waals surface area contributed by atoms with E-state index in [1.54, 1.807) is 10.8 Å². The fraction of sp³-hybridized carbons (Fsp3) is 0.294. The Morgan fingerprint density at radius 2 is 1.86 bits per heavy atom.